The molecule has 1 aromatic carbocycles. The number of anilines is 2. The molecule has 1 atom stereocenters. The van der Waals surface area contributed by atoms with Gasteiger partial charge in [0.25, 0.3) is 0 Å². The summed E-state index contributed by atoms with van der Waals surface area (Å²) in [5.41, 5.74) is 1.68. The van der Waals surface area contributed by atoms with Gasteiger partial charge in [-0.2, -0.15) is 4.98 Å². The van der Waals surface area contributed by atoms with Gasteiger partial charge in [-0.05, 0) is 35.7 Å². The van der Waals surface area contributed by atoms with E-state index in [1.165, 1.54) is 12.1 Å². The van der Waals surface area contributed by atoms with Gasteiger partial charge in [-0.25, -0.2) is 13.8 Å². The van der Waals surface area contributed by atoms with E-state index in [1.54, 1.807) is 12.3 Å². The molecule has 0 aliphatic rings. The van der Waals surface area contributed by atoms with Gasteiger partial charge in [0.1, 0.15) is 17.5 Å². The summed E-state index contributed by atoms with van der Waals surface area (Å²) in [6.07, 6.45) is 1.66. The van der Waals surface area contributed by atoms with Gasteiger partial charge < -0.3 is 15.7 Å². The summed E-state index contributed by atoms with van der Waals surface area (Å²) in [5, 5.41) is 15.8. The fourth-order valence-corrected chi connectivity index (χ4v) is 2.74. The number of pyridine rings is 1. The molecule has 0 aliphatic carbocycles. The van der Waals surface area contributed by atoms with Crippen LogP contribution in [0.2, 0.25) is 0 Å². The maximum atomic E-state index is 13.4. The number of aliphatic hydroxyl groups is 1. The SMILES string of the molecule is CC(C)[C@H](CO)Nc1nc(NCc2cc(F)cc(F)c2)cc(-c2ccccn2)n1. The lowest BCUT2D eigenvalue weighted by Gasteiger charge is -2.20. The lowest BCUT2D eigenvalue weighted by molar-refractivity contribution is 0.248. The molecule has 0 saturated heterocycles. The topological polar surface area (TPSA) is 83.0 Å². The van der Waals surface area contributed by atoms with E-state index in [0.717, 1.165) is 6.07 Å². The number of nitrogens with one attached hydrogen (secondary N) is 2. The van der Waals surface area contributed by atoms with Crippen LogP contribution < -0.4 is 10.6 Å². The van der Waals surface area contributed by atoms with Crippen molar-refractivity contribution in [3.8, 4) is 11.4 Å². The van der Waals surface area contributed by atoms with Crippen LogP contribution in [0.4, 0.5) is 20.5 Å². The second kappa shape index (κ2) is 9.38. The zero-order valence-electron chi connectivity index (χ0n) is 16.2. The largest absolute Gasteiger partial charge is 0.394 e. The van der Waals surface area contributed by atoms with E-state index in [-0.39, 0.29) is 25.1 Å². The highest BCUT2D eigenvalue weighted by Gasteiger charge is 2.15. The fourth-order valence-electron chi connectivity index (χ4n) is 2.74. The van der Waals surface area contributed by atoms with Crippen molar-refractivity contribution in [2.24, 2.45) is 5.92 Å². The predicted molar refractivity (Wildman–Crippen MR) is 108 cm³/mol. The first-order chi connectivity index (χ1) is 13.9. The molecule has 152 valence electrons. The summed E-state index contributed by atoms with van der Waals surface area (Å²) in [4.78, 5) is 13.2. The Morgan fingerprint density at radius 1 is 1.00 bits per heavy atom. The van der Waals surface area contributed by atoms with E-state index >= 15 is 0 Å². The highest BCUT2D eigenvalue weighted by atomic mass is 19.1. The van der Waals surface area contributed by atoms with Gasteiger partial charge in [0.05, 0.1) is 24.0 Å². The van der Waals surface area contributed by atoms with E-state index in [2.05, 4.69) is 25.6 Å². The molecule has 0 unspecified atom stereocenters. The molecule has 0 spiro atoms. The molecule has 0 amide bonds. The summed E-state index contributed by atoms with van der Waals surface area (Å²) in [7, 11) is 0. The lowest BCUT2D eigenvalue weighted by Crippen LogP contribution is -2.30. The number of hydrogen-bond acceptors (Lipinski definition) is 6. The lowest BCUT2D eigenvalue weighted by atomic mass is 10.1. The maximum absolute atomic E-state index is 13.4. The van der Waals surface area contributed by atoms with E-state index in [9.17, 15) is 13.9 Å². The van der Waals surface area contributed by atoms with Gasteiger partial charge in [-0.3, -0.25) is 4.98 Å². The Balaban J connectivity index is 1.89. The average molecular weight is 399 g/mol. The second-order valence-electron chi connectivity index (χ2n) is 6.99. The average Bonchev–Trinajstić information content (AvgIpc) is 2.70. The minimum Gasteiger partial charge on any atom is -0.394 e. The van der Waals surface area contributed by atoms with E-state index < -0.39 is 11.6 Å². The molecule has 0 fully saturated rings. The number of aliphatic hydroxyl groups excluding tert-OH is 1. The summed E-state index contributed by atoms with van der Waals surface area (Å²) >= 11 is 0. The molecule has 3 N–H and O–H groups in total. The first-order valence-electron chi connectivity index (χ1n) is 9.31. The Morgan fingerprint density at radius 2 is 1.76 bits per heavy atom. The van der Waals surface area contributed by atoms with Gasteiger partial charge in [0, 0.05) is 24.9 Å². The van der Waals surface area contributed by atoms with Crippen LogP contribution in [-0.2, 0) is 6.54 Å². The minimum atomic E-state index is -0.635. The van der Waals surface area contributed by atoms with Crippen LogP contribution in [0.5, 0.6) is 0 Å². The Labute approximate surface area is 168 Å². The van der Waals surface area contributed by atoms with Crippen molar-refractivity contribution in [2.75, 3.05) is 17.2 Å². The molecular formula is C21H23F2N5O. The van der Waals surface area contributed by atoms with Crippen LogP contribution in [0.3, 0.4) is 0 Å². The third kappa shape index (κ3) is 5.68. The van der Waals surface area contributed by atoms with Gasteiger partial charge in [0.2, 0.25) is 5.95 Å². The smallest absolute Gasteiger partial charge is 0.225 e. The van der Waals surface area contributed by atoms with Crippen LogP contribution in [0.15, 0.2) is 48.7 Å². The Morgan fingerprint density at radius 3 is 2.38 bits per heavy atom. The molecule has 29 heavy (non-hydrogen) atoms. The molecule has 0 aliphatic heterocycles. The van der Waals surface area contributed by atoms with Crippen molar-refractivity contribution in [3.63, 3.8) is 0 Å². The summed E-state index contributed by atoms with van der Waals surface area (Å²) < 4.78 is 26.9. The number of rotatable bonds is 8. The Bertz CT molecular complexity index is 933. The zero-order chi connectivity index (χ0) is 20.8. The molecule has 2 aromatic heterocycles. The van der Waals surface area contributed by atoms with Crippen molar-refractivity contribution >= 4 is 11.8 Å². The molecule has 0 saturated carbocycles. The quantitative estimate of drug-likeness (QED) is 0.534. The highest BCUT2D eigenvalue weighted by Crippen LogP contribution is 2.21. The van der Waals surface area contributed by atoms with Crippen LogP contribution in [0.25, 0.3) is 11.4 Å². The fraction of sp³-hybridized carbons (Fsp3) is 0.286. The minimum absolute atomic E-state index is 0.0693. The van der Waals surface area contributed by atoms with Crippen LogP contribution in [-0.4, -0.2) is 32.7 Å². The number of nitrogens with zero attached hydrogens (tertiary/aromatic N) is 3. The summed E-state index contributed by atoms with van der Waals surface area (Å²) in [6, 6.07) is 10.3. The molecule has 3 aromatic rings. The maximum Gasteiger partial charge on any atom is 0.225 e. The summed E-state index contributed by atoms with van der Waals surface area (Å²) in [5.74, 6) is -0.316. The normalized spacial score (nSPS) is 12.1. The first-order valence-corrected chi connectivity index (χ1v) is 9.31. The van der Waals surface area contributed by atoms with Crippen LogP contribution in [0.1, 0.15) is 19.4 Å². The van der Waals surface area contributed by atoms with Crippen molar-refractivity contribution in [2.45, 2.75) is 26.4 Å². The summed E-state index contributed by atoms with van der Waals surface area (Å²) in [6.45, 7) is 4.07. The van der Waals surface area contributed by atoms with E-state index in [0.29, 0.717) is 28.7 Å². The zero-order valence-corrected chi connectivity index (χ0v) is 16.2. The third-order valence-corrected chi connectivity index (χ3v) is 4.37. The molecule has 0 bridgehead atoms. The predicted octanol–water partition coefficient (Wildman–Crippen LogP) is 3.86. The van der Waals surface area contributed by atoms with Crippen molar-refractivity contribution in [3.05, 3.63) is 65.9 Å². The van der Waals surface area contributed by atoms with E-state index in [1.807, 2.05) is 32.0 Å². The highest BCUT2D eigenvalue weighted by molar-refractivity contribution is 5.61. The molecule has 2 heterocycles. The van der Waals surface area contributed by atoms with E-state index in [4.69, 9.17) is 0 Å². The van der Waals surface area contributed by atoms with Crippen LogP contribution >= 0.6 is 0 Å². The van der Waals surface area contributed by atoms with Crippen molar-refractivity contribution in [1.29, 1.82) is 0 Å². The number of benzene rings is 1. The molecule has 8 heteroatoms. The van der Waals surface area contributed by atoms with Gasteiger partial charge in [0.15, 0.2) is 0 Å². The molecule has 3 rings (SSSR count). The van der Waals surface area contributed by atoms with Gasteiger partial charge in [-0.15, -0.1) is 0 Å². The molecule has 6 nitrogen and oxygen atoms in total. The first kappa shape index (κ1) is 20.6. The monoisotopic (exact) mass is 399 g/mol. The second-order valence-corrected chi connectivity index (χ2v) is 6.99. The number of aromatic nitrogens is 3. The van der Waals surface area contributed by atoms with Crippen molar-refractivity contribution in [1.82, 2.24) is 15.0 Å². The molecule has 0 radical (unpaired) electrons. The van der Waals surface area contributed by atoms with Crippen LogP contribution in [0, 0.1) is 17.6 Å². The van der Waals surface area contributed by atoms with Crippen molar-refractivity contribution < 1.29 is 13.9 Å². The third-order valence-electron chi connectivity index (χ3n) is 4.37. The van der Waals surface area contributed by atoms with Gasteiger partial charge >= 0.3 is 0 Å². The number of halogens is 2. The molecular weight excluding hydrogens is 376 g/mol. The number of hydrogen-bond donors (Lipinski definition) is 3. The van der Waals surface area contributed by atoms with Gasteiger partial charge in [-0.1, -0.05) is 19.9 Å². The standard InChI is InChI=1S/C21H23F2N5O/c1-13(2)19(12-29)27-21-26-18(17-5-3-4-6-24-17)10-20(28-21)25-11-14-7-15(22)9-16(23)8-14/h3-10,13,19,29H,11-12H2,1-2H3,(H2,25,26,27,28)/t19-/m0/s1. The Kier molecular flexibility index (Phi) is 6.66. The Hall–Kier alpha value is -3.13.